The molecule has 2 saturated heterocycles. The molecule has 98 valence electrons. The van der Waals surface area contributed by atoms with Crippen LogP contribution in [0.15, 0.2) is 0 Å². The van der Waals surface area contributed by atoms with Crippen molar-refractivity contribution in [2.24, 2.45) is 5.92 Å². The van der Waals surface area contributed by atoms with E-state index in [0.717, 1.165) is 31.6 Å². The van der Waals surface area contributed by atoms with Gasteiger partial charge in [-0.05, 0) is 45.9 Å². The largest absolute Gasteiger partial charge is 0.374 e. The SMILES string of the molecule is CNC(C)(C)C(=O)C1CCOC2(CCSC2)C1. The number of carbonyl (C=O) groups excluding carboxylic acids is 1. The Labute approximate surface area is 108 Å². The monoisotopic (exact) mass is 257 g/mol. The molecule has 2 rings (SSSR count). The van der Waals surface area contributed by atoms with E-state index in [4.69, 9.17) is 4.74 Å². The number of ketones is 1. The van der Waals surface area contributed by atoms with Crippen molar-refractivity contribution in [2.75, 3.05) is 25.2 Å². The Hall–Kier alpha value is -0.0600. The van der Waals surface area contributed by atoms with Crippen LogP contribution in [0, 0.1) is 5.92 Å². The third-order valence-electron chi connectivity index (χ3n) is 4.17. The van der Waals surface area contributed by atoms with Gasteiger partial charge in [0.1, 0.15) is 0 Å². The highest BCUT2D eigenvalue weighted by Gasteiger charge is 2.44. The average Bonchev–Trinajstić information content (AvgIpc) is 2.76. The molecule has 2 fully saturated rings. The Morgan fingerprint density at radius 3 is 2.88 bits per heavy atom. The number of nitrogens with one attached hydrogen (secondary N) is 1. The summed E-state index contributed by atoms with van der Waals surface area (Å²) in [7, 11) is 1.86. The number of hydrogen-bond donors (Lipinski definition) is 1. The third-order valence-corrected chi connectivity index (χ3v) is 5.39. The molecule has 0 saturated carbocycles. The van der Waals surface area contributed by atoms with Gasteiger partial charge >= 0.3 is 0 Å². The van der Waals surface area contributed by atoms with Gasteiger partial charge in [0, 0.05) is 18.3 Å². The van der Waals surface area contributed by atoms with E-state index in [-0.39, 0.29) is 11.5 Å². The molecule has 0 amide bonds. The summed E-state index contributed by atoms with van der Waals surface area (Å²) in [5.41, 5.74) is -0.401. The van der Waals surface area contributed by atoms with Gasteiger partial charge in [-0.15, -0.1) is 0 Å². The lowest BCUT2D eigenvalue weighted by Crippen LogP contribution is -2.51. The van der Waals surface area contributed by atoms with E-state index in [2.05, 4.69) is 5.32 Å². The highest BCUT2D eigenvalue weighted by atomic mass is 32.2. The van der Waals surface area contributed by atoms with Crippen LogP contribution in [0.3, 0.4) is 0 Å². The number of likely N-dealkylation sites (N-methyl/N-ethyl adjacent to an activating group) is 1. The fourth-order valence-electron chi connectivity index (χ4n) is 2.75. The highest BCUT2D eigenvalue weighted by molar-refractivity contribution is 7.99. The Bertz CT molecular complexity index is 298. The zero-order valence-electron chi connectivity index (χ0n) is 11.0. The number of carbonyl (C=O) groups is 1. The van der Waals surface area contributed by atoms with Crippen LogP contribution in [0.5, 0.6) is 0 Å². The molecule has 2 aliphatic rings. The van der Waals surface area contributed by atoms with Crippen LogP contribution >= 0.6 is 11.8 Å². The molecule has 2 aliphatic heterocycles. The zero-order valence-corrected chi connectivity index (χ0v) is 11.9. The molecule has 0 aromatic carbocycles. The van der Waals surface area contributed by atoms with E-state index in [0.29, 0.717) is 5.78 Å². The minimum atomic E-state index is -0.408. The first-order valence-electron chi connectivity index (χ1n) is 6.44. The summed E-state index contributed by atoms with van der Waals surface area (Å²) in [5, 5.41) is 3.12. The summed E-state index contributed by atoms with van der Waals surface area (Å²) in [6.45, 7) is 4.69. The number of hydrogen-bond acceptors (Lipinski definition) is 4. The quantitative estimate of drug-likeness (QED) is 0.837. The van der Waals surface area contributed by atoms with Crippen LogP contribution < -0.4 is 5.32 Å². The summed E-state index contributed by atoms with van der Waals surface area (Å²) >= 11 is 1.95. The Balaban J connectivity index is 2.04. The Morgan fingerprint density at radius 2 is 2.29 bits per heavy atom. The van der Waals surface area contributed by atoms with E-state index in [1.54, 1.807) is 0 Å². The van der Waals surface area contributed by atoms with Gasteiger partial charge in [-0.25, -0.2) is 0 Å². The maximum Gasteiger partial charge on any atom is 0.155 e. The first-order chi connectivity index (χ1) is 7.99. The molecule has 0 aromatic rings. The third kappa shape index (κ3) is 2.69. The lowest BCUT2D eigenvalue weighted by Gasteiger charge is -2.39. The van der Waals surface area contributed by atoms with Crippen molar-refractivity contribution in [1.82, 2.24) is 5.32 Å². The molecule has 2 atom stereocenters. The van der Waals surface area contributed by atoms with E-state index in [1.807, 2.05) is 32.7 Å². The van der Waals surface area contributed by atoms with Crippen molar-refractivity contribution < 1.29 is 9.53 Å². The Morgan fingerprint density at radius 1 is 1.53 bits per heavy atom. The second kappa shape index (κ2) is 4.90. The maximum absolute atomic E-state index is 12.5. The molecule has 1 spiro atoms. The van der Waals surface area contributed by atoms with Crippen molar-refractivity contribution in [1.29, 1.82) is 0 Å². The number of ether oxygens (including phenoxy) is 1. The predicted octanol–water partition coefficient (Wildman–Crippen LogP) is 1.86. The standard InChI is InChI=1S/C13H23NO2S/c1-12(2,14-3)11(15)10-4-6-16-13(8-10)5-7-17-9-13/h10,14H,4-9H2,1-3H3. The highest BCUT2D eigenvalue weighted by Crippen LogP contribution is 2.41. The molecular weight excluding hydrogens is 234 g/mol. The first-order valence-corrected chi connectivity index (χ1v) is 7.59. The minimum absolute atomic E-state index is 0.00701. The average molecular weight is 257 g/mol. The molecule has 0 radical (unpaired) electrons. The molecule has 0 aromatic heterocycles. The molecule has 3 nitrogen and oxygen atoms in total. The molecule has 2 heterocycles. The van der Waals surface area contributed by atoms with Gasteiger partial charge in [0.05, 0.1) is 11.1 Å². The van der Waals surface area contributed by atoms with Gasteiger partial charge in [0.15, 0.2) is 5.78 Å². The number of Topliss-reactive ketones (excluding diaryl/α,β-unsaturated/α-hetero) is 1. The second-order valence-corrected chi connectivity index (χ2v) is 6.87. The lowest BCUT2D eigenvalue weighted by molar-refractivity contribution is -0.139. The topological polar surface area (TPSA) is 38.3 Å². The zero-order chi connectivity index (χ0) is 12.5. The van der Waals surface area contributed by atoms with E-state index in [9.17, 15) is 4.79 Å². The summed E-state index contributed by atoms with van der Waals surface area (Å²) in [6, 6.07) is 0. The summed E-state index contributed by atoms with van der Waals surface area (Å²) < 4.78 is 5.96. The summed E-state index contributed by atoms with van der Waals surface area (Å²) in [6.07, 6.45) is 2.92. The van der Waals surface area contributed by atoms with E-state index in [1.165, 1.54) is 5.75 Å². The van der Waals surface area contributed by atoms with Crippen LogP contribution in [0.4, 0.5) is 0 Å². The van der Waals surface area contributed by atoms with Gasteiger partial charge in [-0.3, -0.25) is 4.79 Å². The Kier molecular flexibility index (Phi) is 3.86. The smallest absolute Gasteiger partial charge is 0.155 e. The predicted molar refractivity (Wildman–Crippen MR) is 71.5 cm³/mol. The van der Waals surface area contributed by atoms with Gasteiger partial charge < -0.3 is 10.1 Å². The molecule has 4 heteroatoms. The van der Waals surface area contributed by atoms with Crippen LogP contribution in [0.25, 0.3) is 0 Å². The van der Waals surface area contributed by atoms with E-state index < -0.39 is 5.54 Å². The molecular formula is C13H23NO2S. The first kappa shape index (κ1) is 13.4. The number of thioether (sulfide) groups is 1. The van der Waals surface area contributed by atoms with Crippen LogP contribution in [-0.4, -0.2) is 42.1 Å². The van der Waals surface area contributed by atoms with Crippen LogP contribution in [0.2, 0.25) is 0 Å². The number of rotatable bonds is 3. The van der Waals surface area contributed by atoms with Crippen molar-refractivity contribution >= 4 is 17.5 Å². The van der Waals surface area contributed by atoms with E-state index >= 15 is 0 Å². The van der Waals surface area contributed by atoms with Crippen LogP contribution in [-0.2, 0) is 9.53 Å². The molecule has 0 bridgehead atoms. The van der Waals surface area contributed by atoms with Gasteiger partial charge in [0.2, 0.25) is 0 Å². The molecule has 0 aliphatic carbocycles. The van der Waals surface area contributed by atoms with Gasteiger partial charge in [-0.1, -0.05) is 0 Å². The summed E-state index contributed by atoms with van der Waals surface area (Å²) in [4.78, 5) is 12.5. The maximum atomic E-state index is 12.5. The molecule has 1 N–H and O–H groups in total. The van der Waals surface area contributed by atoms with Crippen molar-refractivity contribution in [3.8, 4) is 0 Å². The lowest BCUT2D eigenvalue weighted by atomic mass is 9.78. The second-order valence-electron chi connectivity index (χ2n) is 5.76. The minimum Gasteiger partial charge on any atom is -0.374 e. The normalized spacial score (nSPS) is 34.2. The van der Waals surface area contributed by atoms with Gasteiger partial charge in [0.25, 0.3) is 0 Å². The molecule has 2 unspecified atom stereocenters. The van der Waals surface area contributed by atoms with Crippen LogP contribution in [0.1, 0.15) is 33.1 Å². The fourth-order valence-corrected chi connectivity index (χ4v) is 4.13. The van der Waals surface area contributed by atoms with Gasteiger partial charge in [-0.2, -0.15) is 11.8 Å². The van der Waals surface area contributed by atoms with Crippen molar-refractivity contribution in [3.63, 3.8) is 0 Å². The van der Waals surface area contributed by atoms with Crippen molar-refractivity contribution in [2.45, 2.75) is 44.2 Å². The fraction of sp³-hybridized carbons (Fsp3) is 0.923. The van der Waals surface area contributed by atoms with Crippen molar-refractivity contribution in [3.05, 3.63) is 0 Å². The molecule has 17 heavy (non-hydrogen) atoms. The summed E-state index contributed by atoms with van der Waals surface area (Å²) in [5.74, 6) is 2.76.